The maximum absolute atomic E-state index is 13.8. The van der Waals surface area contributed by atoms with Gasteiger partial charge < -0.3 is 74.8 Å². The summed E-state index contributed by atoms with van der Waals surface area (Å²) in [6.07, 6.45) is 2.67. The summed E-state index contributed by atoms with van der Waals surface area (Å²) in [6, 6.07) is 8.06. The highest BCUT2D eigenvalue weighted by molar-refractivity contribution is 6.22. The van der Waals surface area contributed by atoms with Gasteiger partial charge in [0, 0.05) is 24.2 Å². The van der Waals surface area contributed by atoms with Crippen LogP contribution >= 0.6 is 0 Å². The average molecular weight is 956 g/mol. The number of benzene rings is 2. The Morgan fingerprint density at radius 3 is 1.87 bits per heavy atom. The molecule has 2 bridgehead atoms. The van der Waals surface area contributed by atoms with E-state index in [2.05, 4.69) is 10.6 Å². The minimum Gasteiger partial charge on any atom is -0.462 e. The van der Waals surface area contributed by atoms with Crippen molar-refractivity contribution in [3.8, 4) is 23.0 Å². The number of ether oxygens (including phenoxy) is 6. The highest BCUT2D eigenvalue weighted by Gasteiger charge is 2.60. The van der Waals surface area contributed by atoms with Crippen LogP contribution in [0.5, 0.6) is 23.0 Å². The first-order valence-electron chi connectivity index (χ1n) is 21.9. The Bertz CT molecular complexity index is 2240. The van der Waals surface area contributed by atoms with E-state index in [1.54, 1.807) is 24.3 Å². The van der Waals surface area contributed by atoms with Crippen LogP contribution in [0.4, 0.5) is 5.69 Å². The molecule has 4 aliphatic heterocycles. The predicted molar refractivity (Wildman–Crippen MR) is 228 cm³/mol. The van der Waals surface area contributed by atoms with Crippen molar-refractivity contribution >= 4 is 47.2 Å². The average Bonchev–Trinajstić information content (AvgIpc) is 3.97. The third-order valence-electron chi connectivity index (χ3n) is 11.3. The SMILES string of the molecule is O=C(CCCCCCCCCCCN1C(=O)C2=C(C1=O)C1(NC(=O)c3cc(OC(=O)CO)c(OC(=O)CO)c(OC(=O)CO)c3)C=CC2O1)Nc1ccc(O[C@@H]2O[C@H](CO)[C@@H](O)[C@H](O)[C@H]2O)cc1. The van der Waals surface area contributed by atoms with Gasteiger partial charge in [-0.05, 0) is 61.4 Å². The van der Waals surface area contributed by atoms with Crippen molar-refractivity contribution in [2.24, 2.45) is 0 Å². The number of aliphatic hydroxyl groups is 7. The van der Waals surface area contributed by atoms with E-state index in [9.17, 15) is 69.3 Å². The molecule has 0 aliphatic carbocycles. The van der Waals surface area contributed by atoms with Crippen molar-refractivity contribution in [2.45, 2.75) is 107 Å². The molecule has 368 valence electrons. The highest BCUT2D eigenvalue weighted by Crippen LogP contribution is 2.47. The minimum absolute atomic E-state index is 0.0634. The Balaban J connectivity index is 0.903. The molecular formula is C45H53N3O20. The van der Waals surface area contributed by atoms with Crippen molar-refractivity contribution in [3.05, 3.63) is 65.3 Å². The summed E-state index contributed by atoms with van der Waals surface area (Å²) in [6.45, 7) is -3.93. The Kier molecular flexibility index (Phi) is 17.5. The number of rotatable bonds is 24. The molecule has 4 aliphatic rings. The smallest absolute Gasteiger partial charge is 0.337 e. The lowest BCUT2D eigenvalue weighted by atomic mass is 9.94. The molecule has 0 radical (unpaired) electrons. The molecule has 2 aromatic rings. The standard InChI is InChI=1S/C45H53N3O20/c49-20-30-37(57)38(58)39(59)44(66-30)63-26-13-11-25(12-14-26)46-31(53)10-8-6-4-2-1-3-5-7-9-17-48-42(61)35-27-15-16-45(68-27,36(35)43(48)62)47-41(60)24-18-28(64-32(54)21-50)40(67-34(56)23-52)29(19-24)65-33(55)22-51/h11-16,18-19,27,30,37-39,44,49-52,57-59H,1-10,17,20-23H2,(H,46,53)(H,47,60)/t27?,30-,37-,38+,39-,44-,45?/m1/s1. The molecule has 6 rings (SSSR count). The molecule has 0 spiro atoms. The van der Waals surface area contributed by atoms with Crippen LogP contribution in [0.25, 0.3) is 0 Å². The van der Waals surface area contributed by atoms with Gasteiger partial charge in [0.2, 0.25) is 17.9 Å². The Morgan fingerprint density at radius 2 is 1.28 bits per heavy atom. The van der Waals surface area contributed by atoms with Crippen LogP contribution in [0.1, 0.15) is 74.6 Å². The van der Waals surface area contributed by atoms with Crippen LogP contribution in [0.2, 0.25) is 0 Å². The zero-order valence-corrected chi connectivity index (χ0v) is 36.6. The van der Waals surface area contributed by atoms with Crippen molar-refractivity contribution in [1.82, 2.24) is 10.2 Å². The molecule has 0 saturated carbocycles. The zero-order chi connectivity index (χ0) is 49.1. The number of carbonyl (C=O) groups is 7. The summed E-state index contributed by atoms with van der Waals surface area (Å²) < 4.78 is 31.8. The summed E-state index contributed by atoms with van der Waals surface area (Å²) in [5.74, 6) is -8.12. The molecule has 23 heteroatoms. The molecule has 9 N–H and O–H groups in total. The molecule has 2 aromatic carbocycles. The minimum atomic E-state index is -1.89. The van der Waals surface area contributed by atoms with Crippen molar-refractivity contribution in [1.29, 1.82) is 0 Å². The van der Waals surface area contributed by atoms with E-state index in [1.165, 1.54) is 12.2 Å². The molecule has 4 amide bonds. The third kappa shape index (κ3) is 11.9. The Hall–Kier alpha value is -6.15. The molecule has 1 fully saturated rings. The third-order valence-corrected chi connectivity index (χ3v) is 11.3. The van der Waals surface area contributed by atoms with Gasteiger partial charge in [-0.2, -0.15) is 0 Å². The fourth-order valence-corrected chi connectivity index (χ4v) is 7.94. The van der Waals surface area contributed by atoms with E-state index >= 15 is 0 Å². The molecule has 0 aromatic heterocycles. The number of carbonyl (C=O) groups excluding carboxylic acids is 7. The van der Waals surface area contributed by atoms with Gasteiger partial charge >= 0.3 is 17.9 Å². The fraction of sp³-hybridized carbons (Fsp3) is 0.489. The van der Waals surface area contributed by atoms with Gasteiger partial charge in [-0.3, -0.25) is 24.1 Å². The van der Waals surface area contributed by atoms with Crippen LogP contribution < -0.4 is 29.6 Å². The number of nitrogens with one attached hydrogen (secondary N) is 2. The summed E-state index contributed by atoms with van der Waals surface area (Å²) in [7, 11) is 0. The molecule has 1 saturated heterocycles. The number of anilines is 1. The van der Waals surface area contributed by atoms with Crippen LogP contribution in [0.3, 0.4) is 0 Å². The monoisotopic (exact) mass is 955 g/mol. The molecule has 7 atom stereocenters. The van der Waals surface area contributed by atoms with Gasteiger partial charge in [0.15, 0.2) is 17.2 Å². The Morgan fingerprint density at radius 1 is 0.706 bits per heavy atom. The number of amides is 4. The molecule has 4 heterocycles. The largest absolute Gasteiger partial charge is 0.462 e. The number of hydrogen-bond donors (Lipinski definition) is 9. The summed E-state index contributed by atoms with van der Waals surface area (Å²) in [4.78, 5) is 90.6. The van der Waals surface area contributed by atoms with Gasteiger partial charge in [-0.15, -0.1) is 0 Å². The van der Waals surface area contributed by atoms with Crippen molar-refractivity contribution in [3.63, 3.8) is 0 Å². The van der Waals surface area contributed by atoms with E-state index in [0.717, 1.165) is 62.0 Å². The highest BCUT2D eigenvalue weighted by atomic mass is 16.7. The van der Waals surface area contributed by atoms with Crippen LogP contribution in [-0.4, -0.2) is 158 Å². The summed E-state index contributed by atoms with van der Waals surface area (Å²) in [5.41, 5.74) is -1.80. The van der Waals surface area contributed by atoms with E-state index in [1.807, 2.05) is 0 Å². The van der Waals surface area contributed by atoms with Crippen molar-refractivity contribution in [2.75, 3.05) is 38.3 Å². The number of esters is 3. The number of hydrogen-bond acceptors (Lipinski definition) is 20. The Labute approximate surface area is 387 Å². The van der Waals surface area contributed by atoms with Gasteiger partial charge in [-0.25, -0.2) is 14.4 Å². The van der Waals surface area contributed by atoms with E-state index in [0.29, 0.717) is 24.9 Å². The van der Waals surface area contributed by atoms with E-state index in [4.69, 9.17) is 28.4 Å². The molecular weight excluding hydrogens is 902 g/mol. The van der Waals surface area contributed by atoms with Gasteiger partial charge in [0.25, 0.3) is 17.7 Å². The van der Waals surface area contributed by atoms with Crippen LogP contribution in [-0.2, 0) is 38.2 Å². The number of aliphatic hydroxyl groups excluding tert-OH is 7. The predicted octanol–water partition coefficient (Wildman–Crippen LogP) is -0.842. The summed E-state index contributed by atoms with van der Waals surface area (Å²) in [5, 5.41) is 72.5. The lowest BCUT2D eigenvalue weighted by Gasteiger charge is -2.39. The maximum Gasteiger partial charge on any atom is 0.337 e. The second-order valence-electron chi connectivity index (χ2n) is 16.2. The second kappa shape index (κ2) is 23.2. The number of unbranched alkanes of at least 4 members (excludes halogenated alkanes) is 8. The van der Waals surface area contributed by atoms with Gasteiger partial charge in [-0.1, -0.05) is 44.9 Å². The number of imide groups is 1. The second-order valence-corrected chi connectivity index (χ2v) is 16.2. The maximum atomic E-state index is 13.8. The lowest BCUT2D eigenvalue weighted by Crippen LogP contribution is -2.60. The van der Waals surface area contributed by atoms with Crippen LogP contribution in [0, 0.1) is 0 Å². The summed E-state index contributed by atoms with van der Waals surface area (Å²) >= 11 is 0. The first-order valence-corrected chi connectivity index (χ1v) is 21.9. The zero-order valence-electron chi connectivity index (χ0n) is 36.6. The van der Waals surface area contributed by atoms with Gasteiger partial charge in [0.1, 0.15) is 56.1 Å². The number of nitrogens with zero attached hydrogens (tertiary/aromatic N) is 1. The molecule has 2 unspecified atom stereocenters. The topological polar surface area (TPSA) is 344 Å². The fourth-order valence-electron chi connectivity index (χ4n) is 7.94. The first-order chi connectivity index (χ1) is 32.6. The van der Waals surface area contributed by atoms with E-state index in [-0.39, 0.29) is 29.3 Å². The van der Waals surface area contributed by atoms with Crippen molar-refractivity contribution < 1.29 is 97.7 Å². The number of fused-ring (bicyclic) bond motifs is 4. The first kappa shape index (κ1) is 51.2. The molecule has 23 nitrogen and oxygen atoms in total. The van der Waals surface area contributed by atoms with Crippen LogP contribution in [0.15, 0.2) is 59.7 Å². The molecule has 68 heavy (non-hydrogen) atoms. The lowest BCUT2D eigenvalue weighted by molar-refractivity contribution is -0.277. The normalized spacial score (nSPS) is 23.7. The van der Waals surface area contributed by atoms with E-state index < -0.39 is 127 Å². The quantitative estimate of drug-likeness (QED) is 0.0204. The van der Waals surface area contributed by atoms with Gasteiger partial charge in [0.05, 0.1) is 17.8 Å².